The smallest absolute Gasteiger partial charge is 0.253 e. The highest BCUT2D eigenvalue weighted by atomic mass is 32.2. The number of imidazole rings is 1. The van der Waals surface area contributed by atoms with E-state index in [1.165, 1.54) is 4.90 Å². The summed E-state index contributed by atoms with van der Waals surface area (Å²) >= 11 is 1.75. The number of pyridine rings is 1. The Morgan fingerprint density at radius 3 is 2.49 bits per heavy atom. The van der Waals surface area contributed by atoms with Crippen molar-refractivity contribution in [1.29, 1.82) is 0 Å². The minimum atomic E-state index is -0.104. The van der Waals surface area contributed by atoms with Gasteiger partial charge >= 0.3 is 0 Å². The van der Waals surface area contributed by atoms with Crippen LogP contribution in [0.5, 0.6) is 0 Å². The molecule has 2 aromatic heterocycles. The molecule has 1 aromatic carbocycles. The molecule has 2 aliphatic rings. The van der Waals surface area contributed by atoms with E-state index in [2.05, 4.69) is 55.7 Å². The normalized spacial score (nSPS) is 18.1. The number of fused-ring (bicyclic) bond motifs is 1. The van der Waals surface area contributed by atoms with E-state index in [9.17, 15) is 9.59 Å². The van der Waals surface area contributed by atoms with Gasteiger partial charge in [0.1, 0.15) is 5.65 Å². The Morgan fingerprint density at radius 1 is 1.00 bits per heavy atom. The van der Waals surface area contributed by atoms with Crippen molar-refractivity contribution in [1.82, 2.24) is 28.8 Å². The van der Waals surface area contributed by atoms with Gasteiger partial charge in [-0.05, 0) is 61.7 Å². The van der Waals surface area contributed by atoms with Crippen LogP contribution in [0.15, 0.2) is 59.9 Å². The fourth-order valence-corrected chi connectivity index (χ4v) is 5.58. The maximum Gasteiger partial charge on any atom is 0.253 e. The van der Waals surface area contributed by atoms with Crippen molar-refractivity contribution in [2.45, 2.75) is 24.3 Å². The highest BCUT2D eigenvalue weighted by Crippen LogP contribution is 2.29. The van der Waals surface area contributed by atoms with Gasteiger partial charge in [0.2, 0.25) is 5.91 Å². The van der Waals surface area contributed by atoms with Crippen LogP contribution in [0.25, 0.3) is 5.65 Å². The van der Waals surface area contributed by atoms with Gasteiger partial charge in [0, 0.05) is 75.2 Å². The zero-order valence-corrected chi connectivity index (χ0v) is 20.9. The molecule has 0 saturated carbocycles. The monoisotopic (exact) mass is 492 g/mol. The lowest BCUT2D eigenvalue weighted by Crippen LogP contribution is -2.50. The first-order valence-corrected chi connectivity index (χ1v) is 13.0. The highest BCUT2D eigenvalue weighted by Gasteiger charge is 2.30. The number of benzene rings is 1. The molecule has 2 amide bonds. The predicted molar refractivity (Wildman–Crippen MR) is 137 cm³/mol. The summed E-state index contributed by atoms with van der Waals surface area (Å²) in [5.74, 6) is 0.405. The van der Waals surface area contributed by atoms with E-state index < -0.39 is 0 Å². The lowest BCUT2D eigenvalue weighted by atomic mass is 9.96. The second kappa shape index (κ2) is 10.8. The maximum atomic E-state index is 12.9. The van der Waals surface area contributed by atoms with Crippen molar-refractivity contribution in [3.63, 3.8) is 0 Å². The van der Waals surface area contributed by atoms with Gasteiger partial charge in [0.05, 0.1) is 5.56 Å². The number of piperidine rings is 1. The van der Waals surface area contributed by atoms with E-state index in [4.69, 9.17) is 0 Å². The predicted octanol–water partition coefficient (Wildman–Crippen LogP) is 2.76. The number of nitrogens with zero attached hydrogens (tertiary/aromatic N) is 5. The molecule has 2 saturated heterocycles. The zero-order chi connectivity index (χ0) is 24.2. The molecule has 2 fully saturated rings. The zero-order valence-electron chi connectivity index (χ0n) is 20.1. The first-order valence-electron chi connectivity index (χ1n) is 12.3. The summed E-state index contributed by atoms with van der Waals surface area (Å²) in [5.41, 5.74) is 2.49. The van der Waals surface area contributed by atoms with E-state index in [0.29, 0.717) is 18.0 Å². The van der Waals surface area contributed by atoms with E-state index in [1.54, 1.807) is 30.4 Å². The van der Waals surface area contributed by atoms with Gasteiger partial charge in [-0.3, -0.25) is 9.59 Å². The Kier molecular flexibility index (Phi) is 7.36. The second-order valence-corrected chi connectivity index (χ2v) is 10.5. The van der Waals surface area contributed by atoms with Gasteiger partial charge in [-0.2, -0.15) is 0 Å². The summed E-state index contributed by atoms with van der Waals surface area (Å²) in [5, 5.41) is 2.99. The van der Waals surface area contributed by atoms with Crippen LogP contribution in [-0.2, 0) is 11.3 Å². The number of rotatable bonds is 6. The van der Waals surface area contributed by atoms with Crippen LogP contribution in [0.1, 0.15) is 28.8 Å². The number of nitrogens with one attached hydrogen (secondary N) is 1. The van der Waals surface area contributed by atoms with Crippen LogP contribution in [0.4, 0.5) is 0 Å². The molecule has 0 aliphatic carbocycles. The molecule has 3 aromatic rings. The first-order chi connectivity index (χ1) is 17.0. The van der Waals surface area contributed by atoms with Crippen LogP contribution < -0.4 is 5.32 Å². The summed E-state index contributed by atoms with van der Waals surface area (Å²) < 4.78 is 4.20. The van der Waals surface area contributed by atoms with Crippen molar-refractivity contribution < 1.29 is 9.59 Å². The average molecular weight is 493 g/mol. The van der Waals surface area contributed by atoms with E-state index >= 15 is 0 Å². The third-order valence-corrected chi connectivity index (χ3v) is 7.99. The molecule has 35 heavy (non-hydrogen) atoms. The number of hydrogen-bond acceptors (Lipinski definition) is 6. The SMILES string of the molecule is CN1CCN(C(=O)C2CCN(Sc3ccc(CNC(=O)c4ccc5nccn5c4)cc3)CC2)CC1. The minimum Gasteiger partial charge on any atom is -0.348 e. The molecule has 4 heterocycles. The van der Waals surface area contributed by atoms with Gasteiger partial charge in [-0.15, -0.1) is 0 Å². The molecule has 0 spiro atoms. The molecular formula is C26H32N6O2S. The third-order valence-electron chi connectivity index (χ3n) is 6.88. The van der Waals surface area contributed by atoms with Gasteiger partial charge in [-0.25, -0.2) is 9.29 Å². The maximum absolute atomic E-state index is 12.9. The number of carbonyl (C=O) groups is 2. The van der Waals surface area contributed by atoms with Crippen LogP contribution in [0, 0.1) is 5.92 Å². The molecule has 0 atom stereocenters. The molecule has 5 rings (SSSR count). The van der Waals surface area contributed by atoms with Crippen molar-refractivity contribution >= 4 is 29.4 Å². The second-order valence-electron chi connectivity index (χ2n) is 9.36. The standard InChI is InChI=1S/C26H32N6O2S/c1-29-14-16-30(17-15-29)26(34)21-8-11-32(12-9-21)35-23-5-2-20(3-6-23)18-28-25(33)22-4-7-24-27-10-13-31(24)19-22/h2-7,10,13,19,21H,8-9,11-12,14-18H2,1H3,(H,28,33). The molecule has 184 valence electrons. The van der Waals surface area contributed by atoms with E-state index in [-0.39, 0.29) is 11.8 Å². The van der Waals surface area contributed by atoms with Crippen molar-refractivity contribution in [2.24, 2.45) is 5.92 Å². The Bertz CT molecular complexity index is 1160. The quantitative estimate of drug-likeness (QED) is 0.534. The Morgan fingerprint density at radius 2 is 1.74 bits per heavy atom. The molecule has 8 nitrogen and oxygen atoms in total. The van der Waals surface area contributed by atoms with E-state index in [1.807, 2.05) is 16.7 Å². The van der Waals surface area contributed by atoms with Gasteiger partial charge in [-0.1, -0.05) is 12.1 Å². The largest absolute Gasteiger partial charge is 0.348 e. The summed E-state index contributed by atoms with van der Waals surface area (Å²) in [4.78, 5) is 35.1. The molecule has 0 unspecified atom stereocenters. The number of aromatic nitrogens is 2. The lowest BCUT2D eigenvalue weighted by Gasteiger charge is -2.37. The Labute approximate surface area is 210 Å². The molecule has 2 aliphatic heterocycles. The van der Waals surface area contributed by atoms with Crippen LogP contribution in [-0.4, -0.2) is 81.6 Å². The summed E-state index contributed by atoms with van der Waals surface area (Å²) in [6.45, 7) is 5.99. The summed E-state index contributed by atoms with van der Waals surface area (Å²) in [6.07, 6.45) is 7.18. The number of hydrogen-bond donors (Lipinski definition) is 1. The molecule has 9 heteroatoms. The van der Waals surface area contributed by atoms with Crippen LogP contribution in [0.3, 0.4) is 0 Å². The molecule has 1 N–H and O–H groups in total. The average Bonchev–Trinajstić information content (AvgIpc) is 3.37. The number of likely N-dealkylation sites (N-methyl/N-ethyl adjacent to an activating group) is 1. The summed E-state index contributed by atoms with van der Waals surface area (Å²) in [6, 6.07) is 12.0. The number of carbonyl (C=O) groups excluding carboxylic acids is 2. The number of piperazine rings is 1. The van der Waals surface area contributed by atoms with Crippen molar-refractivity contribution in [3.05, 3.63) is 66.1 Å². The molecule has 0 bridgehead atoms. The molecule has 0 radical (unpaired) electrons. The number of amides is 2. The van der Waals surface area contributed by atoms with Gasteiger partial charge in [0.25, 0.3) is 5.91 Å². The molecular weight excluding hydrogens is 460 g/mol. The fourth-order valence-electron chi connectivity index (χ4n) is 4.64. The van der Waals surface area contributed by atoms with Crippen LogP contribution in [0.2, 0.25) is 0 Å². The highest BCUT2D eigenvalue weighted by molar-refractivity contribution is 7.97. The van der Waals surface area contributed by atoms with Crippen molar-refractivity contribution in [2.75, 3.05) is 46.3 Å². The summed E-state index contributed by atoms with van der Waals surface area (Å²) in [7, 11) is 2.11. The van der Waals surface area contributed by atoms with Gasteiger partial charge < -0.3 is 19.5 Å². The van der Waals surface area contributed by atoms with Crippen molar-refractivity contribution in [3.8, 4) is 0 Å². The van der Waals surface area contributed by atoms with Gasteiger partial charge in [0.15, 0.2) is 0 Å². The first kappa shape index (κ1) is 23.8. The van der Waals surface area contributed by atoms with Crippen LogP contribution >= 0.6 is 11.9 Å². The lowest BCUT2D eigenvalue weighted by molar-refractivity contribution is -0.138. The third kappa shape index (κ3) is 5.86. The van der Waals surface area contributed by atoms with E-state index in [0.717, 1.165) is 63.3 Å². The Balaban J connectivity index is 1.06. The Hall–Kier alpha value is -2.88. The topological polar surface area (TPSA) is 73.2 Å². The minimum absolute atomic E-state index is 0.104. The fraction of sp³-hybridized carbons (Fsp3) is 0.423.